The van der Waals surface area contributed by atoms with Gasteiger partial charge in [0.1, 0.15) is 0 Å². The van der Waals surface area contributed by atoms with Gasteiger partial charge in [0.05, 0.1) is 0 Å². The summed E-state index contributed by atoms with van der Waals surface area (Å²) >= 11 is 0. The Morgan fingerprint density at radius 2 is 2.22 bits per heavy atom. The second-order valence-electron chi connectivity index (χ2n) is 4.95. The topological polar surface area (TPSA) is 72.9 Å². The van der Waals surface area contributed by atoms with Gasteiger partial charge < -0.3 is 15.6 Å². The van der Waals surface area contributed by atoms with Crippen LogP contribution in [0.25, 0.3) is 0 Å². The van der Waals surface area contributed by atoms with E-state index in [0.29, 0.717) is 24.8 Å². The summed E-state index contributed by atoms with van der Waals surface area (Å²) in [5.41, 5.74) is 5.49. The standard InChI is InChI=1S/C13H24N4O/c1-4-11(5-6-14)16-12-13(18)17(8-7-15-12)9-10(2)3/h7-8,10-11H,4-6,9,14H2,1-3H3,(H,15,16). The third-order valence-corrected chi connectivity index (χ3v) is 2.82. The SMILES string of the molecule is CCC(CCN)Nc1nccn(CC(C)C)c1=O. The Morgan fingerprint density at radius 1 is 1.50 bits per heavy atom. The Bertz CT molecular complexity index is 414. The van der Waals surface area contributed by atoms with E-state index in [4.69, 9.17) is 5.73 Å². The molecule has 3 N–H and O–H groups in total. The largest absolute Gasteiger partial charge is 0.363 e. The summed E-state index contributed by atoms with van der Waals surface area (Å²) in [4.78, 5) is 16.3. The smallest absolute Gasteiger partial charge is 0.293 e. The highest BCUT2D eigenvalue weighted by Crippen LogP contribution is 2.04. The molecule has 5 heteroatoms. The molecule has 1 aromatic heterocycles. The zero-order valence-corrected chi connectivity index (χ0v) is 11.5. The molecule has 18 heavy (non-hydrogen) atoms. The van der Waals surface area contributed by atoms with E-state index in [0.717, 1.165) is 12.8 Å². The highest BCUT2D eigenvalue weighted by Gasteiger charge is 2.10. The fourth-order valence-electron chi connectivity index (χ4n) is 1.86. The molecule has 0 saturated carbocycles. The van der Waals surface area contributed by atoms with Gasteiger partial charge in [-0.25, -0.2) is 4.98 Å². The average Bonchev–Trinajstić information content (AvgIpc) is 2.32. The highest BCUT2D eigenvalue weighted by atomic mass is 16.1. The lowest BCUT2D eigenvalue weighted by atomic mass is 10.1. The van der Waals surface area contributed by atoms with Crippen molar-refractivity contribution >= 4 is 5.82 Å². The van der Waals surface area contributed by atoms with E-state index in [1.165, 1.54) is 0 Å². The highest BCUT2D eigenvalue weighted by molar-refractivity contribution is 5.32. The van der Waals surface area contributed by atoms with Crippen LogP contribution in [0, 0.1) is 5.92 Å². The van der Waals surface area contributed by atoms with E-state index in [1.54, 1.807) is 17.0 Å². The Balaban J connectivity index is 2.86. The maximum absolute atomic E-state index is 12.2. The zero-order chi connectivity index (χ0) is 13.5. The number of rotatable bonds is 7. The van der Waals surface area contributed by atoms with Crippen molar-refractivity contribution in [2.45, 2.75) is 46.2 Å². The number of aromatic nitrogens is 2. The normalized spacial score (nSPS) is 12.7. The molecule has 0 aliphatic carbocycles. The van der Waals surface area contributed by atoms with Crippen LogP contribution in [0.2, 0.25) is 0 Å². The predicted molar refractivity (Wildman–Crippen MR) is 74.7 cm³/mol. The molecule has 0 spiro atoms. The number of nitrogens with one attached hydrogen (secondary N) is 1. The monoisotopic (exact) mass is 252 g/mol. The molecule has 5 nitrogen and oxygen atoms in total. The molecule has 1 aromatic rings. The van der Waals surface area contributed by atoms with Crippen molar-refractivity contribution in [3.8, 4) is 0 Å². The molecule has 102 valence electrons. The van der Waals surface area contributed by atoms with Gasteiger partial charge >= 0.3 is 0 Å². The van der Waals surface area contributed by atoms with Crippen LogP contribution in [0.4, 0.5) is 5.82 Å². The van der Waals surface area contributed by atoms with Crippen LogP contribution in [0.3, 0.4) is 0 Å². The molecular formula is C13H24N4O. The Labute approximate surface area is 108 Å². The van der Waals surface area contributed by atoms with Crippen LogP contribution in [0.15, 0.2) is 17.2 Å². The van der Waals surface area contributed by atoms with Crippen molar-refractivity contribution in [2.75, 3.05) is 11.9 Å². The fraction of sp³-hybridized carbons (Fsp3) is 0.692. The predicted octanol–water partition coefficient (Wildman–Crippen LogP) is 1.44. The summed E-state index contributed by atoms with van der Waals surface area (Å²) in [5.74, 6) is 0.863. The molecule has 1 atom stereocenters. The Morgan fingerprint density at radius 3 is 2.78 bits per heavy atom. The summed E-state index contributed by atoms with van der Waals surface area (Å²) in [6.45, 7) is 7.57. The third-order valence-electron chi connectivity index (χ3n) is 2.82. The molecule has 0 aliphatic heterocycles. The van der Waals surface area contributed by atoms with E-state index < -0.39 is 0 Å². The second-order valence-corrected chi connectivity index (χ2v) is 4.95. The molecule has 1 rings (SSSR count). The van der Waals surface area contributed by atoms with E-state index >= 15 is 0 Å². The van der Waals surface area contributed by atoms with E-state index in [-0.39, 0.29) is 11.6 Å². The number of hydrogen-bond donors (Lipinski definition) is 2. The third kappa shape index (κ3) is 4.14. The van der Waals surface area contributed by atoms with Crippen molar-refractivity contribution in [1.29, 1.82) is 0 Å². The van der Waals surface area contributed by atoms with Crippen LogP contribution in [-0.4, -0.2) is 22.1 Å². The summed E-state index contributed by atoms with van der Waals surface area (Å²) < 4.78 is 1.70. The van der Waals surface area contributed by atoms with Gasteiger partial charge in [-0.3, -0.25) is 4.79 Å². The number of nitrogens with zero attached hydrogens (tertiary/aromatic N) is 2. The van der Waals surface area contributed by atoms with Gasteiger partial charge in [0, 0.05) is 25.0 Å². The first-order valence-electron chi connectivity index (χ1n) is 6.60. The van der Waals surface area contributed by atoms with Gasteiger partial charge in [0.15, 0.2) is 5.82 Å². The minimum Gasteiger partial charge on any atom is -0.363 e. The fourth-order valence-corrected chi connectivity index (χ4v) is 1.86. The Kier molecular flexibility index (Phi) is 5.85. The first-order valence-corrected chi connectivity index (χ1v) is 6.60. The molecule has 0 fully saturated rings. The van der Waals surface area contributed by atoms with Gasteiger partial charge in [-0.1, -0.05) is 20.8 Å². The van der Waals surface area contributed by atoms with Gasteiger partial charge in [-0.2, -0.15) is 0 Å². The maximum Gasteiger partial charge on any atom is 0.293 e. The van der Waals surface area contributed by atoms with Gasteiger partial charge in [-0.05, 0) is 25.3 Å². The number of anilines is 1. The minimum absolute atomic E-state index is 0.0540. The van der Waals surface area contributed by atoms with Crippen molar-refractivity contribution in [1.82, 2.24) is 9.55 Å². The summed E-state index contributed by atoms with van der Waals surface area (Å²) in [7, 11) is 0. The lowest BCUT2D eigenvalue weighted by Gasteiger charge is -2.17. The zero-order valence-electron chi connectivity index (χ0n) is 11.5. The second kappa shape index (κ2) is 7.16. The van der Waals surface area contributed by atoms with E-state index in [1.807, 2.05) is 0 Å². The van der Waals surface area contributed by atoms with Crippen LogP contribution < -0.4 is 16.6 Å². The molecule has 1 heterocycles. The lowest BCUT2D eigenvalue weighted by molar-refractivity contribution is 0.508. The maximum atomic E-state index is 12.2. The van der Waals surface area contributed by atoms with Gasteiger partial charge in [0.2, 0.25) is 0 Å². The first kappa shape index (κ1) is 14.7. The van der Waals surface area contributed by atoms with Crippen molar-refractivity contribution in [2.24, 2.45) is 11.7 Å². The summed E-state index contributed by atoms with van der Waals surface area (Å²) in [6.07, 6.45) is 5.17. The summed E-state index contributed by atoms with van der Waals surface area (Å²) in [5, 5.41) is 3.19. The molecule has 0 amide bonds. The van der Waals surface area contributed by atoms with E-state index in [9.17, 15) is 4.79 Å². The lowest BCUT2D eigenvalue weighted by Crippen LogP contribution is -2.30. The van der Waals surface area contributed by atoms with Gasteiger partial charge in [-0.15, -0.1) is 0 Å². The van der Waals surface area contributed by atoms with E-state index in [2.05, 4.69) is 31.1 Å². The van der Waals surface area contributed by atoms with Crippen molar-refractivity contribution < 1.29 is 0 Å². The molecule has 0 saturated heterocycles. The van der Waals surface area contributed by atoms with Crippen LogP contribution >= 0.6 is 0 Å². The molecule has 0 bridgehead atoms. The quantitative estimate of drug-likeness (QED) is 0.770. The van der Waals surface area contributed by atoms with Crippen molar-refractivity contribution in [3.63, 3.8) is 0 Å². The van der Waals surface area contributed by atoms with Crippen LogP contribution in [0.5, 0.6) is 0 Å². The molecule has 0 radical (unpaired) electrons. The number of hydrogen-bond acceptors (Lipinski definition) is 4. The first-order chi connectivity index (χ1) is 8.58. The van der Waals surface area contributed by atoms with Crippen molar-refractivity contribution in [3.05, 3.63) is 22.7 Å². The Hall–Kier alpha value is -1.36. The molecule has 0 aromatic carbocycles. The molecule has 0 aliphatic rings. The molecule has 1 unspecified atom stereocenters. The molecular weight excluding hydrogens is 228 g/mol. The average molecular weight is 252 g/mol. The number of nitrogens with two attached hydrogens (primary N) is 1. The van der Waals surface area contributed by atoms with Gasteiger partial charge in [0.25, 0.3) is 5.56 Å². The van der Waals surface area contributed by atoms with Crippen LogP contribution in [0.1, 0.15) is 33.6 Å². The summed E-state index contributed by atoms with van der Waals surface area (Å²) in [6, 6.07) is 0.213. The van der Waals surface area contributed by atoms with Crippen LogP contribution in [-0.2, 0) is 6.54 Å². The minimum atomic E-state index is -0.0540.